The Morgan fingerprint density at radius 1 is 1.16 bits per heavy atom. The van der Waals surface area contributed by atoms with Gasteiger partial charge in [-0.1, -0.05) is 24.6 Å². The Kier molecular flexibility index (Phi) is 6.28. The molecule has 166 valence electrons. The summed E-state index contributed by atoms with van der Waals surface area (Å²) in [5.74, 6) is 0.664. The van der Waals surface area contributed by atoms with Crippen LogP contribution >= 0.6 is 0 Å². The van der Waals surface area contributed by atoms with E-state index in [1.165, 1.54) is 6.42 Å². The van der Waals surface area contributed by atoms with Gasteiger partial charge in [-0.05, 0) is 69.4 Å². The molecule has 1 aliphatic heterocycles. The lowest BCUT2D eigenvalue weighted by atomic mass is 9.72. The number of aryl methyl sites for hydroxylation is 1. The van der Waals surface area contributed by atoms with E-state index in [0.717, 1.165) is 48.4 Å². The van der Waals surface area contributed by atoms with Crippen molar-refractivity contribution in [3.05, 3.63) is 36.0 Å². The first-order valence-electron chi connectivity index (χ1n) is 11.6. The Balaban J connectivity index is 1.37. The number of rotatable bonds is 7. The summed E-state index contributed by atoms with van der Waals surface area (Å²) in [4.78, 5) is 32.4. The van der Waals surface area contributed by atoms with Crippen LogP contribution in [-0.2, 0) is 16.0 Å². The SMILES string of the molecule is C[C@@H]1CCC[C@H](C)N1CC(=O)NC1(C(=O)CCc2ccc3c(N)nccc3c2)CCC1. The third kappa shape index (κ3) is 4.59. The second-order valence-electron chi connectivity index (χ2n) is 9.46. The Morgan fingerprint density at radius 3 is 2.58 bits per heavy atom. The van der Waals surface area contributed by atoms with E-state index >= 15 is 0 Å². The van der Waals surface area contributed by atoms with Gasteiger partial charge in [0.05, 0.1) is 12.1 Å². The van der Waals surface area contributed by atoms with Gasteiger partial charge in [-0.3, -0.25) is 14.5 Å². The van der Waals surface area contributed by atoms with Crippen LogP contribution in [0.4, 0.5) is 5.82 Å². The number of pyridine rings is 1. The van der Waals surface area contributed by atoms with E-state index < -0.39 is 5.54 Å². The fourth-order valence-corrected chi connectivity index (χ4v) is 5.17. The third-order valence-corrected chi connectivity index (χ3v) is 7.32. The Morgan fingerprint density at radius 2 is 1.90 bits per heavy atom. The highest BCUT2D eigenvalue weighted by atomic mass is 16.2. The molecule has 1 aliphatic carbocycles. The summed E-state index contributed by atoms with van der Waals surface area (Å²) in [6.07, 6.45) is 8.79. The summed E-state index contributed by atoms with van der Waals surface area (Å²) < 4.78 is 0. The van der Waals surface area contributed by atoms with Gasteiger partial charge in [0.2, 0.25) is 5.91 Å². The smallest absolute Gasteiger partial charge is 0.234 e. The molecule has 3 N–H and O–H groups in total. The molecule has 6 nitrogen and oxygen atoms in total. The molecule has 1 amide bonds. The molecule has 0 radical (unpaired) electrons. The number of nitrogens with two attached hydrogens (primary N) is 1. The van der Waals surface area contributed by atoms with Crippen LogP contribution in [-0.4, -0.2) is 45.7 Å². The lowest BCUT2D eigenvalue weighted by Crippen LogP contribution is -2.61. The van der Waals surface area contributed by atoms with Gasteiger partial charge in [0.1, 0.15) is 5.82 Å². The maximum absolute atomic E-state index is 13.1. The number of nitrogen functional groups attached to an aromatic ring is 1. The van der Waals surface area contributed by atoms with Crippen molar-refractivity contribution in [1.29, 1.82) is 0 Å². The quantitative estimate of drug-likeness (QED) is 0.711. The second-order valence-corrected chi connectivity index (χ2v) is 9.46. The molecular formula is C25H34N4O2. The number of likely N-dealkylation sites (tertiary alicyclic amines) is 1. The number of hydrogen-bond acceptors (Lipinski definition) is 5. The molecule has 2 aromatic rings. The van der Waals surface area contributed by atoms with Gasteiger partial charge in [-0.25, -0.2) is 4.98 Å². The number of hydrogen-bond donors (Lipinski definition) is 2. The normalized spacial score (nSPS) is 23.3. The van der Waals surface area contributed by atoms with Crippen molar-refractivity contribution in [3.63, 3.8) is 0 Å². The first-order chi connectivity index (χ1) is 14.9. The van der Waals surface area contributed by atoms with Crippen molar-refractivity contribution in [2.45, 2.75) is 82.8 Å². The van der Waals surface area contributed by atoms with Crippen LogP contribution in [0.5, 0.6) is 0 Å². The minimum atomic E-state index is -0.662. The van der Waals surface area contributed by atoms with E-state index in [4.69, 9.17) is 5.73 Å². The average molecular weight is 423 g/mol. The van der Waals surface area contributed by atoms with E-state index in [-0.39, 0.29) is 11.7 Å². The number of ketones is 1. The molecule has 0 spiro atoms. The molecule has 2 fully saturated rings. The zero-order valence-electron chi connectivity index (χ0n) is 18.7. The van der Waals surface area contributed by atoms with E-state index in [0.29, 0.717) is 37.3 Å². The molecule has 0 bridgehead atoms. The molecule has 2 aliphatic rings. The number of amides is 1. The van der Waals surface area contributed by atoms with Crippen LogP contribution in [0.1, 0.15) is 64.4 Å². The second kappa shape index (κ2) is 8.95. The summed E-state index contributed by atoms with van der Waals surface area (Å²) in [6, 6.07) is 8.83. The molecule has 2 atom stereocenters. The number of carbonyl (C=O) groups is 2. The minimum Gasteiger partial charge on any atom is -0.383 e. The predicted molar refractivity (Wildman–Crippen MR) is 124 cm³/mol. The fraction of sp³-hybridized carbons (Fsp3) is 0.560. The van der Waals surface area contributed by atoms with Gasteiger partial charge < -0.3 is 11.1 Å². The molecule has 6 heteroatoms. The number of Topliss-reactive ketones (excluding diaryl/α,β-unsaturated/α-hetero) is 1. The zero-order valence-corrected chi connectivity index (χ0v) is 18.7. The number of nitrogens with zero attached hydrogens (tertiary/aromatic N) is 2. The molecular weight excluding hydrogens is 388 g/mol. The van der Waals surface area contributed by atoms with Crippen molar-refractivity contribution in [3.8, 4) is 0 Å². The Labute approximate surface area is 184 Å². The number of benzene rings is 1. The van der Waals surface area contributed by atoms with Crippen LogP contribution in [0, 0.1) is 0 Å². The predicted octanol–water partition coefficient (Wildman–Crippen LogP) is 3.62. The summed E-state index contributed by atoms with van der Waals surface area (Å²) in [6.45, 7) is 4.78. The Bertz CT molecular complexity index is 959. The maximum Gasteiger partial charge on any atom is 0.234 e. The van der Waals surface area contributed by atoms with Crippen molar-refractivity contribution in [2.75, 3.05) is 12.3 Å². The van der Waals surface area contributed by atoms with Gasteiger partial charge in [-0.2, -0.15) is 0 Å². The average Bonchev–Trinajstić information content (AvgIpc) is 2.72. The first-order valence-corrected chi connectivity index (χ1v) is 11.6. The van der Waals surface area contributed by atoms with Crippen molar-refractivity contribution in [2.24, 2.45) is 0 Å². The van der Waals surface area contributed by atoms with Crippen LogP contribution in [0.2, 0.25) is 0 Å². The summed E-state index contributed by atoms with van der Waals surface area (Å²) in [7, 11) is 0. The van der Waals surface area contributed by atoms with Gasteiger partial charge >= 0.3 is 0 Å². The number of carbonyl (C=O) groups excluding carboxylic acids is 2. The van der Waals surface area contributed by atoms with Crippen LogP contribution in [0.3, 0.4) is 0 Å². The van der Waals surface area contributed by atoms with E-state index in [1.54, 1.807) is 6.20 Å². The van der Waals surface area contributed by atoms with Crippen molar-refractivity contribution >= 4 is 28.3 Å². The molecule has 1 aromatic carbocycles. The van der Waals surface area contributed by atoms with Gasteiger partial charge in [0.25, 0.3) is 0 Å². The largest absolute Gasteiger partial charge is 0.383 e. The molecule has 2 heterocycles. The van der Waals surface area contributed by atoms with Crippen molar-refractivity contribution in [1.82, 2.24) is 15.2 Å². The molecule has 4 rings (SSSR count). The van der Waals surface area contributed by atoms with Gasteiger partial charge in [0, 0.05) is 30.1 Å². The maximum atomic E-state index is 13.1. The number of piperidine rings is 1. The highest BCUT2D eigenvalue weighted by molar-refractivity contribution is 5.95. The van der Waals surface area contributed by atoms with Gasteiger partial charge in [-0.15, -0.1) is 0 Å². The van der Waals surface area contributed by atoms with Crippen LogP contribution in [0.15, 0.2) is 30.5 Å². The van der Waals surface area contributed by atoms with Crippen molar-refractivity contribution < 1.29 is 9.59 Å². The topological polar surface area (TPSA) is 88.3 Å². The minimum absolute atomic E-state index is 0.0117. The molecule has 0 unspecified atom stereocenters. The standard InChI is InChI=1S/C25H34N4O2/c1-17-5-3-6-18(2)29(17)16-23(31)28-25(12-4-13-25)22(30)10-8-19-7-9-21-20(15-19)11-14-27-24(21)26/h7,9,11,14-15,17-18H,3-6,8,10,12-13,16H2,1-2H3,(H2,26,27)(H,28,31)/t17-,18+. The highest BCUT2D eigenvalue weighted by Crippen LogP contribution is 2.34. The van der Waals surface area contributed by atoms with Crippen LogP contribution in [0.25, 0.3) is 10.8 Å². The van der Waals surface area contributed by atoms with Crippen LogP contribution < -0.4 is 11.1 Å². The fourth-order valence-electron chi connectivity index (χ4n) is 5.17. The van der Waals surface area contributed by atoms with E-state index in [2.05, 4.69) is 35.1 Å². The van der Waals surface area contributed by atoms with Gasteiger partial charge in [0.15, 0.2) is 5.78 Å². The lowest BCUT2D eigenvalue weighted by molar-refractivity contribution is -0.136. The highest BCUT2D eigenvalue weighted by Gasteiger charge is 2.44. The molecule has 1 aromatic heterocycles. The number of fused-ring (bicyclic) bond motifs is 1. The zero-order chi connectivity index (χ0) is 22.0. The third-order valence-electron chi connectivity index (χ3n) is 7.32. The summed E-state index contributed by atoms with van der Waals surface area (Å²) >= 11 is 0. The molecule has 1 saturated heterocycles. The van der Waals surface area contributed by atoms with E-state index in [1.807, 2.05) is 18.2 Å². The number of nitrogens with one attached hydrogen (secondary N) is 1. The number of aromatic nitrogens is 1. The van der Waals surface area contributed by atoms with E-state index in [9.17, 15) is 9.59 Å². The molecule has 31 heavy (non-hydrogen) atoms. The first kappa shape index (κ1) is 21.8. The monoisotopic (exact) mass is 422 g/mol. The summed E-state index contributed by atoms with van der Waals surface area (Å²) in [5, 5.41) is 5.10. The lowest BCUT2D eigenvalue weighted by Gasteiger charge is -2.43. The summed E-state index contributed by atoms with van der Waals surface area (Å²) in [5.41, 5.74) is 6.37. The number of anilines is 1. The Hall–Kier alpha value is -2.47. The molecule has 1 saturated carbocycles.